The van der Waals surface area contributed by atoms with Crippen molar-refractivity contribution in [3.63, 3.8) is 0 Å². The lowest BCUT2D eigenvalue weighted by Crippen LogP contribution is -2.29. The van der Waals surface area contributed by atoms with Crippen LogP contribution in [0.25, 0.3) is 22.4 Å². The number of hydrogen-bond donors (Lipinski definition) is 3. The predicted octanol–water partition coefficient (Wildman–Crippen LogP) is 1.84. The Labute approximate surface area is 120 Å². The fourth-order valence-corrected chi connectivity index (χ4v) is 2.12. The molecule has 0 saturated carbocycles. The van der Waals surface area contributed by atoms with Crippen molar-refractivity contribution < 1.29 is 9.53 Å². The number of carbonyl (C=O) groups is 1. The first-order valence-corrected chi connectivity index (χ1v) is 6.36. The number of hydrazine groups is 1. The lowest BCUT2D eigenvalue weighted by atomic mass is 10.2. The maximum absolute atomic E-state index is 11.5. The lowest BCUT2D eigenvalue weighted by molar-refractivity contribution is 0.0954. The van der Waals surface area contributed by atoms with Crippen LogP contribution in [0.2, 0.25) is 0 Å². The number of aromatic amines is 1. The zero-order valence-corrected chi connectivity index (χ0v) is 11.4. The van der Waals surface area contributed by atoms with Gasteiger partial charge in [0.15, 0.2) is 0 Å². The van der Waals surface area contributed by atoms with Gasteiger partial charge in [-0.05, 0) is 42.5 Å². The van der Waals surface area contributed by atoms with E-state index in [0.29, 0.717) is 5.56 Å². The summed E-state index contributed by atoms with van der Waals surface area (Å²) in [5, 5.41) is 0. The van der Waals surface area contributed by atoms with Gasteiger partial charge in [0, 0.05) is 11.1 Å². The molecule has 0 aliphatic carbocycles. The average Bonchev–Trinajstić information content (AvgIpc) is 2.97. The number of hydrogen-bond acceptors (Lipinski definition) is 4. The van der Waals surface area contributed by atoms with Crippen LogP contribution >= 0.6 is 0 Å². The van der Waals surface area contributed by atoms with Gasteiger partial charge in [0.05, 0.1) is 18.1 Å². The van der Waals surface area contributed by atoms with E-state index in [1.54, 1.807) is 25.3 Å². The molecular formula is C15H14N4O2. The number of rotatable bonds is 3. The van der Waals surface area contributed by atoms with Crippen molar-refractivity contribution in [3.05, 3.63) is 48.0 Å². The summed E-state index contributed by atoms with van der Waals surface area (Å²) in [6.07, 6.45) is 0. The van der Waals surface area contributed by atoms with Gasteiger partial charge in [-0.15, -0.1) is 0 Å². The predicted molar refractivity (Wildman–Crippen MR) is 79.7 cm³/mol. The molecular weight excluding hydrogens is 268 g/mol. The normalized spacial score (nSPS) is 10.6. The van der Waals surface area contributed by atoms with Gasteiger partial charge in [0.1, 0.15) is 11.6 Å². The number of carbonyl (C=O) groups excluding carboxylic acids is 1. The molecule has 6 heteroatoms. The Morgan fingerprint density at radius 1 is 1.24 bits per heavy atom. The van der Waals surface area contributed by atoms with Gasteiger partial charge in [0.25, 0.3) is 5.91 Å². The molecule has 1 heterocycles. The van der Waals surface area contributed by atoms with Crippen LogP contribution in [-0.2, 0) is 0 Å². The topological polar surface area (TPSA) is 93.0 Å². The summed E-state index contributed by atoms with van der Waals surface area (Å²) in [5.74, 6) is 6.32. The lowest BCUT2D eigenvalue weighted by Gasteiger charge is -2.00. The van der Waals surface area contributed by atoms with Crippen molar-refractivity contribution in [1.29, 1.82) is 0 Å². The molecule has 0 aliphatic rings. The highest BCUT2D eigenvalue weighted by Gasteiger charge is 2.09. The van der Waals surface area contributed by atoms with Gasteiger partial charge < -0.3 is 9.72 Å². The molecule has 4 N–H and O–H groups in total. The molecule has 0 fully saturated rings. The Morgan fingerprint density at radius 2 is 2.00 bits per heavy atom. The SMILES string of the molecule is COc1ccc(-c2nc3ccc(C(=O)NN)cc3[nH]2)cc1. The number of ether oxygens (including phenoxy) is 1. The molecule has 1 amide bonds. The molecule has 0 atom stereocenters. The number of fused-ring (bicyclic) bond motifs is 1. The second-order valence-corrected chi connectivity index (χ2v) is 4.52. The number of nitrogens with zero attached hydrogens (tertiary/aromatic N) is 1. The van der Waals surface area contributed by atoms with Crippen molar-refractivity contribution in [3.8, 4) is 17.1 Å². The first-order chi connectivity index (χ1) is 10.2. The van der Waals surface area contributed by atoms with Gasteiger partial charge in [-0.2, -0.15) is 0 Å². The number of nitrogens with two attached hydrogens (primary N) is 1. The van der Waals surface area contributed by atoms with E-state index in [9.17, 15) is 4.79 Å². The molecule has 0 spiro atoms. The largest absolute Gasteiger partial charge is 0.497 e. The second-order valence-electron chi connectivity index (χ2n) is 4.52. The quantitative estimate of drug-likeness (QED) is 0.388. The zero-order valence-electron chi connectivity index (χ0n) is 11.4. The van der Waals surface area contributed by atoms with Crippen LogP contribution in [0.15, 0.2) is 42.5 Å². The number of nitrogen functional groups attached to an aromatic ring is 1. The summed E-state index contributed by atoms with van der Waals surface area (Å²) >= 11 is 0. The molecule has 3 rings (SSSR count). The summed E-state index contributed by atoms with van der Waals surface area (Å²) in [7, 11) is 1.63. The zero-order chi connectivity index (χ0) is 14.8. The molecule has 0 saturated heterocycles. The number of H-pyrrole nitrogens is 1. The van der Waals surface area contributed by atoms with Crippen LogP contribution in [0.1, 0.15) is 10.4 Å². The van der Waals surface area contributed by atoms with E-state index in [1.807, 2.05) is 24.3 Å². The molecule has 106 valence electrons. The maximum atomic E-state index is 11.5. The fourth-order valence-electron chi connectivity index (χ4n) is 2.12. The molecule has 0 unspecified atom stereocenters. The second kappa shape index (κ2) is 5.26. The average molecular weight is 282 g/mol. The van der Waals surface area contributed by atoms with Crippen molar-refractivity contribution in [2.24, 2.45) is 5.84 Å². The van der Waals surface area contributed by atoms with Crippen LogP contribution in [-0.4, -0.2) is 23.0 Å². The summed E-state index contributed by atoms with van der Waals surface area (Å²) in [5.41, 5.74) is 5.10. The molecule has 0 aliphatic heterocycles. The highest BCUT2D eigenvalue weighted by atomic mass is 16.5. The molecule has 0 radical (unpaired) electrons. The van der Waals surface area contributed by atoms with Gasteiger partial charge in [-0.25, -0.2) is 10.8 Å². The van der Waals surface area contributed by atoms with Crippen molar-refractivity contribution in [2.75, 3.05) is 7.11 Å². The van der Waals surface area contributed by atoms with E-state index in [4.69, 9.17) is 10.6 Å². The van der Waals surface area contributed by atoms with Crippen molar-refractivity contribution >= 4 is 16.9 Å². The Morgan fingerprint density at radius 3 is 2.67 bits per heavy atom. The van der Waals surface area contributed by atoms with Gasteiger partial charge in [-0.1, -0.05) is 0 Å². The minimum absolute atomic E-state index is 0.336. The Hall–Kier alpha value is -2.86. The van der Waals surface area contributed by atoms with Gasteiger partial charge in [-0.3, -0.25) is 10.2 Å². The molecule has 21 heavy (non-hydrogen) atoms. The van der Waals surface area contributed by atoms with Crippen molar-refractivity contribution in [1.82, 2.24) is 15.4 Å². The smallest absolute Gasteiger partial charge is 0.265 e. The summed E-state index contributed by atoms with van der Waals surface area (Å²) in [4.78, 5) is 19.2. The van der Waals surface area contributed by atoms with E-state index in [-0.39, 0.29) is 5.91 Å². The number of methoxy groups -OCH3 is 1. The number of amides is 1. The highest BCUT2D eigenvalue weighted by molar-refractivity contribution is 5.97. The van der Waals surface area contributed by atoms with Crippen LogP contribution < -0.4 is 16.0 Å². The van der Waals surface area contributed by atoms with Crippen LogP contribution in [0.4, 0.5) is 0 Å². The third-order valence-electron chi connectivity index (χ3n) is 3.24. The van der Waals surface area contributed by atoms with Gasteiger partial charge >= 0.3 is 0 Å². The van der Waals surface area contributed by atoms with E-state index in [0.717, 1.165) is 28.2 Å². The van der Waals surface area contributed by atoms with Crippen LogP contribution in [0, 0.1) is 0 Å². The number of benzene rings is 2. The summed E-state index contributed by atoms with van der Waals surface area (Å²) in [6.45, 7) is 0. The van der Waals surface area contributed by atoms with E-state index in [1.165, 1.54) is 0 Å². The Balaban J connectivity index is 2.01. The van der Waals surface area contributed by atoms with E-state index in [2.05, 4.69) is 15.4 Å². The molecule has 6 nitrogen and oxygen atoms in total. The minimum Gasteiger partial charge on any atom is -0.497 e. The monoisotopic (exact) mass is 282 g/mol. The fraction of sp³-hybridized carbons (Fsp3) is 0.0667. The first-order valence-electron chi connectivity index (χ1n) is 6.36. The summed E-state index contributed by atoms with van der Waals surface area (Å²) in [6, 6.07) is 12.8. The van der Waals surface area contributed by atoms with Crippen molar-refractivity contribution in [2.45, 2.75) is 0 Å². The van der Waals surface area contributed by atoms with Gasteiger partial charge in [0.2, 0.25) is 0 Å². The standard InChI is InChI=1S/C15H14N4O2/c1-21-11-5-2-9(3-6-11)14-17-12-7-4-10(15(20)19-16)8-13(12)18-14/h2-8H,16H2,1H3,(H,17,18)(H,19,20). The number of imidazole rings is 1. The number of nitrogens with one attached hydrogen (secondary N) is 2. The Kier molecular flexibility index (Phi) is 3.29. The summed E-state index contributed by atoms with van der Waals surface area (Å²) < 4.78 is 5.13. The molecule has 1 aromatic heterocycles. The molecule has 3 aromatic rings. The maximum Gasteiger partial charge on any atom is 0.265 e. The van der Waals surface area contributed by atoms with E-state index < -0.39 is 0 Å². The van der Waals surface area contributed by atoms with Crippen LogP contribution in [0.5, 0.6) is 5.75 Å². The first kappa shape index (κ1) is 13.1. The van der Waals surface area contributed by atoms with Crippen LogP contribution in [0.3, 0.4) is 0 Å². The number of aromatic nitrogens is 2. The van der Waals surface area contributed by atoms with E-state index >= 15 is 0 Å². The third-order valence-corrected chi connectivity index (χ3v) is 3.24. The molecule has 2 aromatic carbocycles. The molecule has 0 bridgehead atoms. The minimum atomic E-state index is -0.336. The highest BCUT2D eigenvalue weighted by Crippen LogP contribution is 2.23. The Bertz CT molecular complexity index is 793. The third kappa shape index (κ3) is 2.44.